The molecule has 1 aliphatic rings. The fraction of sp³-hybridized carbons (Fsp3) is 0.450. The number of hydrogen-bond acceptors (Lipinski definition) is 5. The standard InChI is InChI=1S/C20H27N3O3S2/c1-28(25,26)22-17-9-12-23(13-10-17)14-11-19(24)21-20(18-8-5-15-27-18)16-6-3-2-4-7-16/h2-8,15,17,20,22H,9-14H2,1H3,(H,21,24). The minimum Gasteiger partial charge on any atom is -0.344 e. The summed E-state index contributed by atoms with van der Waals surface area (Å²) in [6, 6.07) is 13.9. The van der Waals surface area contributed by atoms with Crippen LogP contribution in [0.4, 0.5) is 0 Å². The number of carbonyl (C=O) groups is 1. The van der Waals surface area contributed by atoms with Gasteiger partial charge in [0, 0.05) is 23.9 Å². The third-order valence-electron chi connectivity index (χ3n) is 4.89. The Labute approximate surface area is 171 Å². The van der Waals surface area contributed by atoms with Gasteiger partial charge in [-0.25, -0.2) is 13.1 Å². The summed E-state index contributed by atoms with van der Waals surface area (Å²) in [7, 11) is -3.16. The molecule has 2 N–H and O–H groups in total. The van der Waals surface area contributed by atoms with E-state index in [-0.39, 0.29) is 18.0 Å². The van der Waals surface area contributed by atoms with E-state index in [0.717, 1.165) is 36.4 Å². The molecular weight excluding hydrogens is 394 g/mol. The van der Waals surface area contributed by atoms with Gasteiger partial charge in [-0.15, -0.1) is 11.3 Å². The van der Waals surface area contributed by atoms with Crippen molar-refractivity contribution in [2.45, 2.75) is 31.3 Å². The second-order valence-electron chi connectivity index (χ2n) is 7.18. The maximum atomic E-state index is 12.6. The third-order valence-corrected chi connectivity index (χ3v) is 6.59. The lowest BCUT2D eigenvalue weighted by molar-refractivity contribution is -0.122. The average Bonchev–Trinajstić information content (AvgIpc) is 3.19. The van der Waals surface area contributed by atoms with E-state index in [2.05, 4.69) is 14.9 Å². The number of piperidine rings is 1. The lowest BCUT2D eigenvalue weighted by Gasteiger charge is -2.31. The summed E-state index contributed by atoms with van der Waals surface area (Å²) < 4.78 is 25.3. The van der Waals surface area contributed by atoms with E-state index in [1.807, 2.05) is 47.8 Å². The first-order chi connectivity index (χ1) is 13.4. The lowest BCUT2D eigenvalue weighted by Crippen LogP contribution is -2.45. The molecule has 2 aromatic rings. The highest BCUT2D eigenvalue weighted by Gasteiger charge is 2.23. The number of sulfonamides is 1. The summed E-state index contributed by atoms with van der Waals surface area (Å²) in [6.07, 6.45) is 3.17. The molecule has 1 aromatic carbocycles. The third kappa shape index (κ3) is 6.41. The van der Waals surface area contributed by atoms with Crippen molar-refractivity contribution in [2.24, 2.45) is 0 Å². The Balaban J connectivity index is 1.49. The number of thiophene rings is 1. The molecule has 152 valence electrons. The molecule has 2 heterocycles. The fourth-order valence-corrected chi connectivity index (χ4v) is 5.13. The molecule has 1 aliphatic heterocycles. The van der Waals surface area contributed by atoms with Gasteiger partial charge >= 0.3 is 0 Å². The van der Waals surface area contributed by atoms with Crippen LogP contribution < -0.4 is 10.0 Å². The van der Waals surface area contributed by atoms with Gasteiger partial charge in [-0.1, -0.05) is 36.4 Å². The van der Waals surface area contributed by atoms with E-state index in [9.17, 15) is 13.2 Å². The summed E-state index contributed by atoms with van der Waals surface area (Å²) in [5.74, 6) is 0.0265. The summed E-state index contributed by atoms with van der Waals surface area (Å²) in [6.45, 7) is 2.28. The molecule has 28 heavy (non-hydrogen) atoms. The summed E-state index contributed by atoms with van der Waals surface area (Å²) in [5, 5.41) is 5.19. The van der Waals surface area contributed by atoms with E-state index in [1.54, 1.807) is 11.3 Å². The first kappa shape index (κ1) is 21.0. The molecule has 3 rings (SSSR count). The number of carbonyl (C=O) groups excluding carboxylic acids is 1. The summed E-state index contributed by atoms with van der Waals surface area (Å²) >= 11 is 1.64. The average molecular weight is 422 g/mol. The second kappa shape index (κ2) is 9.65. The Hall–Kier alpha value is -1.74. The summed E-state index contributed by atoms with van der Waals surface area (Å²) in [5.41, 5.74) is 1.07. The van der Waals surface area contributed by atoms with Gasteiger partial charge in [0.1, 0.15) is 0 Å². The molecule has 0 radical (unpaired) electrons. The highest BCUT2D eigenvalue weighted by Crippen LogP contribution is 2.26. The maximum Gasteiger partial charge on any atom is 0.222 e. The normalized spacial score (nSPS) is 17.3. The molecule has 1 fully saturated rings. The number of amides is 1. The molecule has 1 atom stereocenters. The van der Waals surface area contributed by atoms with Crippen LogP contribution in [0.15, 0.2) is 47.8 Å². The van der Waals surface area contributed by atoms with Crippen LogP contribution in [0.25, 0.3) is 0 Å². The second-order valence-corrected chi connectivity index (χ2v) is 9.94. The molecule has 0 aliphatic carbocycles. The van der Waals surface area contributed by atoms with E-state index in [0.29, 0.717) is 13.0 Å². The Morgan fingerprint density at radius 3 is 2.50 bits per heavy atom. The molecule has 0 saturated carbocycles. The molecular formula is C20H27N3O3S2. The molecule has 1 amide bonds. The zero-order chi connectivity index (χ0) is 20.0. The van der Waals surface area contributed by atoms with Crippen LogP contribution in [0.1, 0.15) is 35.7 Å². The minimum absolute atomic E-state index is 0.00126. The van der Waals surface area contributed by atoms with Gasteiger partial charge in [0.15, 0.2) is 0 Å². The Bertz CT molecular complexity index is 846. The Morgan fingerprint density at radius 1 is 1.18 bits per heavy atom. The molecule has 1 saturated heterocycles. The van der Waals surface area contributed by atoms with E-state index in [4.69, 9.17) is 0 Å². The van der Waals surface area contributed by atoms with Crippen molar-refractivity contribution in [3.8, 4) is 0 Å². The molecule has 1 unspecified atom stereocenters. The maximum absolute atomic E-state index is 12.6. The lowest BCUT2D eigenvalue weighted by atomic mass is 10.0. The molecule has 6 nitrogen and oxygen atoms in total. The predicted octanol–water partition coefficient (Wildman–Crippen LogP) is 2.36. The molecule has 1 aromatic heterocycles. The minimum atomic E-state index is -3.16. The van der Waals surface area contributed by atoms with Gasteiger partial charge in [-0.05, 0) is 42.9 Å². The van der Waals surface area contributed by atoms with Crippen molar-refractivity contribution in [2.75, 3.05) is 25.9 Å². The van der Waals surface area contributed by atoms with Crippen LogP contribution in [-0.4, -0.2) is 51.2 Å². The van der Waals surface area contributed by atoms with Gasteiger partial charge in [-0.3, -0.25) is 4.79 Å². The predicted molar refractivity (Wildman–Crippen MR) is 113 cm³/mol. The number of nitrogens with zero attached hydrogens (tertiary/aromatic N) is 1. The highest BCUT2D eigenvalue weighted by molar-refractivity contribution is 7.88. The topological polar surface area (TPSA) is 78.5 Å². The Kier molecular flexibility index (Phi) is 7.23. The quantitative estimate of drug-likeness (QED) is 0.686. The van der Waals surface area contributed by atoms with Crippen molar-refractivity contribution in [3.05, 3.63) is 58.3 Å². The fourth-order valence-electron chi connectivity index (χ4n) is 3.49. The van der Waals surface area contributed by atoms with Crippen LogP contribution >= 0.6 is 11.3 Å². The summed E-state index contributed by atoms with van der Waals surface area (Å²) in [4.78, 5) is 15.9. The van der Waals surface area contributed by atoms with Crippen molar-refractivity contribution in [3.63, 3.8) is 0 Å². The number of likely N-dealkylation sites (tertiary alicyclic amines) is 1. The zero-order valence-electron chi connectivity index (χ0n) is 16.0. The van der Waals surface area contributed by atoms with Crippen LogP contribution in [0.5, 0.6) is 0 Å². The van der Waals surface area contributed by atoms with Gasteiger partial charge in [-0.2, -0.15) is 0 Å². The first-order valence-corrected chi connectivity index (χ1v) is 12.3. The zero-order valence-corrected chi connectivity index (χ0v) is 17.6. The number of nitrogens with one attached hydrogen (secondary N) is 2. The van der Waals surface area contributed by atoms with Gasteiger partial charge in [0.2, 0.25) is 15.9 Å². The molecule has 0 bridgehead atoms. The SMILES string of the molecule is CS(=O)(=O)NC1CCN(CCC(=O)NC(c2ccccc2)c2cccs2)CC1. The largest absolute Gasteiger partial charge is 0.344 e. The van der Waals surface area contributed by atoms with Crippen molar-refractivity contribution in [1.29, 1.82) is 0 Å². The van der Waals surface area contributed by atoms with Gasteiger partial charge in [0.25, 0.3) is 0 Å². The van der Waals surface area contributed by atoms with Crippen LogP contribution in [0.2, 0.25) is 0 Å². The van der Waals surface area contributed by atoms with Crippen LogP contribution in [0.3, 0.4) is 0 Å². The molecule has 0 spiro atoms. The Morgan fingerprint density at radius 2 is 1.89 bits per heavy atom. The first-order valence-electron chi connectivity index (χ1n) is 9.48. The van der Waals surface area contributed by atoms with E-state index >= 15 is 0 Å². The van der Waals surface area contributed by atoms with Crippen LogP contribution in [0, 0.1) is 0 Å². The number of hydrogen-bond donors (Lipinski definition) is 2. The molecule has 8 heteroatoms. The van der Waals surface area contributed by atoms with E-state index in [1.165, 1.54) is 6.26 Å². The van der Waals surface area contributed by atoms with Crippen molar-refractivity contribution >= 4 is 27.3 Å². The van der Waals surface area contributed by atoms with Gasteiger partial charge in [0.05, 0.1) is 12.3 Å². The smallest absolute Gasteiger partial charge is 0.222 e. The van der Waals surface area contributed by atoms with Crippen molar-refractivity contribution < 1.29 is 13.2 Å². The highest BCUT2D eigenvalue weighted by atomic mass is 32.2. The van der Waals surface area contributed by atoms with Crippen molar-refractivity contribution in [1.82, 2.24) is 14.9 Å². The number of benzene rings is 1. The number of rotatable bonds is 8. The van der Waals surface area contributed by atoms with E-state index < -0.39 is 10.0 Å². The monoisotopic (exact) mass is 421 g/mol. The van der Waals surface area contributed by atoms with Crippen LogP contribution in [-0.2, 0) is 14.8 Å². The van der Waals surface area contributed by atoms with Gasteiger partial charge < -0.3 is 10.2 Å².